The summed E-state index contributed by atoms with van der Waals surface area (Å²) < 4.78 is 0.842. The topological polar surface area (TPSA) is 40.9 Å². The largest absolute Gasteiger partial charge is 0.297 e. The van der Waals surface area contributed by atoms with E-state index in [0.717, 1.165) is 35.7 Å². The van der Waals surface area contributed by atoms with Gasteiger partial charge in [0.25, 0.3) is 0 Å². The normalized spacial score (nSPS) is 19.4. The monoisotopic (exact) mass is 319 g/mol. The van der Waals surface area contributed by atoms with E-state index in [2.05, 4.69) is 22.0 Å². The molecule has 19 heavy (non-hydrogen) atoms. The summed E-state index contributed by atoms with van der Waals surface area (Å²) in [6.07, 6.45) is 5.21. The van der Waals surface area contributed by atoms with Gasteiger partial charge in [0.2, 0.25) is 0 Å². The van der Waals surface area contributed by atoms with E-state index in [1.807, 2.05) is 31.2 Å². The minimum Gasteiger partial charge on any atom is -0.297 e. The maximum absolute atomic E-state index is 12.8. The third kappa shape index (κ3) is 2.90. The van der Waals surface area contributed by atoms with Gasteiger partial charge in [0, 0.05) is 9.89 Å². The van der Waals surface area contributed by atoms with Crippen LogP contribution < -0.4 is 0 Å². The van der Waals surface area contributed by atoms with E-state index in [1.165, 1.54) is 6.42 Å². The number of benzene rings is 1. The van der Waals surface area contributed by atoms with E-state index in [0.29, 0.717) is 0 Å². The van der Waals surface area contributed by atoms with Crippen molar-refractivity contribution < 1.29 is 4.79 Å². The summed E-state index contributed by atoms with van der Waals surface area (Å²) in [4.78, 5) is 12.8. The lowest BCUT2D eigenvalue weighted by Crippen LogP contribution is -2.34. The number of rotatable bonds is 3. The van der Waals surface area contributed by atoms with Crippen LogP contribution in [-0.4, -0.2) is 5.78 Å². The maximum Gasteiger partial charge on any atom is 0.160 e. The van der Waals surface area contributed by atoms with Crippen LogP contribution in [0.2, 0.25) is 0 Å². The molecule has 2 rings (SSSR count). The van der Waals surface area contributed by atoms with Crippen LogP contribution >= 0.6 is 15.9 Å². The second-order valence-corrected chi connectivity index (χ2v) is 6.42. The summed E-state index contributed by atoms with van der Waals surface area (Å²) in [7, 11) is 0. The van der Waals surface area contributed by atoms with Gasteiger partial charge in [-0.2, -0.15) is 5.26 Å². The smallest absolute Gasteiger partial charge is 0.160 e. The Balaban J connectivity index is 2.30. The molecule has 2 nitrogen and oxygen atoms in total. The van der Waals surface area contributed by atoms with Crippen molar-refractivity contribution in [1.82, 2.24) is 0 Å². The first-order chi connectivity index (χ1) is 9.08. The van der Waals surface area contributed by atoms with Gasteiger partial charge in [-0.1, -0.05) is 60.3 Å². The van der Waals surface area contributed by atoms with Crippen molar-refractivity contribution in [2.24, 2.45) is 5.41 Å². The molecule has 0 N–H and O–H groups in total. The molecule has 0 aromatic heterocycles. The summed E-state index contributed by atoms with van der Waals surface area (Å²) >= 11 is 3.44. The number of halogens is 1. The van der Waals surface area contributed by atoms with Crippen LogP contribution in [0.1, 0.15) is 50.5 Å². The lowest BCUT2D eigenvalue weighted by atomic mass is 9.68. The Labute approximate surface area is 122 Å². The number of ketones is 1. The minimum atomic E-state index is -0.654. The zero-order valence-corrected chi connectivity index (χ0v) is 12.7. The van der Waals surface area contributed by atoms with E-state index in [9.17, 15) is 10.1 Å². The molecule has 1 fully saturated rings. The molecule has 1 unspecified atom stereocenters. The number of nitrogens with zero attached hydrogens (tertiary/aromatic N) is 1. The molecule has 1 aromatic rings. The first-order valence-corrected chi connectivity index (χ1v) is 7.56. The third-order valence-electron chi connectivity index (χ3n) is 4.16. The summed E-state index contributed by atoms with van der Waals surface area (Å²) in [5.41, 5.74) is 0.468. The van der Waals surface area contributed by atoms with Crippen molar-refractivity contribution in [2.75, 3.05) is 0 Å². The summed E-state index contributed by atoms with van der Waals surface area (Å²) in [5.74, 6) is -0.569. The Bertz CT molecular complexity index is 512. The quantitative estimate of drug-likeness (QED) is 0.817. The SMILES string of the molecule is CC1(C(=O)C(C#N)c2ccccc2Br)CCCCC1. The lowest BCUT2D eigenvalue weighted by Gasteiger charge is -2.33. The van der Waals surface area contributed by atoms with E-state index in [4.69, 9.17) is 0 Å². The standard InChI is InChI=1S/C16H18BrNO/c1-16(9-5-2-6-10-16)15(19)13(11-18)12-7-3-4-8-14(12)17/h3-4,7-8,13H,2,5-6,9-10H2,1H3. The van der Waals surface area contributed by atoms with Gasteiger partial charge in [0.05, 0.1) is 6.07 Å². The molecule has 1 atom stereocenters. The number of carbonyl (C=O) groups excluding carboxylic acids is 1. The zero-order valence-electron chi connectivity index (χ0n) is 11.2. The van der Waals surface area contributed by atoms with E-state index >= 15 is 0 Å². The molecule has 0 amide bonds. The number of hydrogen-bond donors (Lipinski definition) is 0. The van der Waals surface area contributed by atoms with E-state index in [1.54, 1.807) is 0 Å². The molecule has 3 heteroatoms. The minimum absolute atomic E-state index is 0.0848. The Hall–Kier alpha value is -1.14. The Morgan fingerprint density at radius 3 is 2.53 bits per heavy atom. The fraction of sp³-hybridized carbons (Fsp3) is 0.500. The molecule has 0 saturated heterocycles. The molecule has 0 radical (unpaired) electrons. The highest BCUT2D eigenvalue weighted by molar-refractivity contribution is 9.10. The van der Waals surface area contributed by atoms with Crippen molar-refractivity contribution in [3.8, 4) is 6.07 Å². The van der Waals surface area contributed by atoms with Gasteiger partial charge in [0.1, 0.15) is 5.92 Å². The van der Waals surface area contributed by atoms with Gasteiger partial charge in [-0.05, 0) is 24.5 Å². The van der Waals surface area contributed by atoms with Crippen molar-refractivity contribution >= 4 is 21.7 Å². The van der Waals surface area contributed by atoms with Gasteiger partial charge >= 0.3 is 0 Å². The van der Waals surface area contributed by atoms with Crippen molar-refractivity contribution in [2.45, 2.75) is 44.9 Å². The molecule has 0 bridgehead atoms. The zero-order chi connectivity index (χ0) is 13.9. The molecular formula is C16H18BrNO. The predicted molar refractivity (Wildman–Crippen MR) is 78.7 cm³/mol. The highest BCUT2D eigenvalue weighted by atomic mass is 79.9. The number of carbonyl (C=O) groups is 1. The summed E-state index contributed by atoms with van der Waals surface area (Å²) in [6, 6.07) is 9.72. The third-order valence-corrected chi connectivity index (χ3v) is 4.88. The van der Waals surface area contributed by atoms with Crippen LogP contribution in [0, 0.1) is 16.7 Å². The van der Waals surface area contributed by atoms with Gasteiger partial charge in [0.15, 0.2) is 5.78 Å². The van der Waals surface area contributed by atoms with Gasteiger partial charge < -0.3 is 0 Å². The second kappa shape index (κ2) is 5.88. The highest BCUT2D eigenvalue weighted by Crippen LogP contribution is 2.41. The van der Waals surface area contributed by atoms with Gasteiger partial charge in [-0.25, -0.2) is 0 Å². The number of nitriles is 1. The van der Waals surface area contributed by atoms with Crippen LogP contribution in [0.4, 0.5) is 0 Å². The molecule has 1 saturated carbocycles. The second-order valence-electron chi connectivity index (χ2n) is 5.57. The average molecular weight is 320 g/mol. The van der Waals surface area contributed by atoms with Crippen LogP contribution in [0.3, 0.4) is 0 Å². The van der Waals surface area contributed by atoms with Crippen molar-refractivity contribution in [1.29, 1.82) is 5.26 Å². The number of hydrogen-bond acceptors (Lipinski definition) is 2. The first-order valence-electron chi connectivity index (χ1n) is 6.77. The van der Waals surface area contributed by atoms with Gasteiger partial charge in [-0.15, -0.1) is 0 Å². The predicted octanol–water partition coefficient (Wildman–Crippen LogP) is 4.60. The molecule has 1 aromatic carbocycles. The fourth-order valence-electron chi connectivity index (χ4n) is 2.91. The lowest BCUT2D eigenvalue weighted by molar-refractivity contribution is -0.129. The summed E-state index contributed by atoms with van der Waals surface area (Å²) in [6.45, 7) is 2.02. The molecule has 1 aliphatic rings. The van der Waals surface area contributed by atoms with Crippen LogP contribution in [0.15, 0.2) is 28.7 Å². The molecule has 0 heterocycles. The van der Waals surface area contributed by atoms with Gasteiger partial charge in [-0.3, -0.25) is 4.79 Å². The Kier molecular flexibility index (Phi) is 4.42. The molecule has 0 spiro atoms. The Morgan fingerprint density at radius 1 is 1.32 bits per heavy atom. The van der Waals surface area contributed by atoms with Crippen LogP contribution in [0.25, 0.3) is 0 Å². The summed E-state index contributed by atoms with van der Waals surface area (Å²) in [5, 5.41) is 9.43. The van der Waals surface area contributed by atoms with E-state index in [-0.39, 0.29) is 11.2 Å². The Morgan fingerprint density at radius 2 is 1.95 bits per heavy atom. The maximum atomic E-state index is 12.8. The number of Topliss-reactive ketones (excluding diaryl/α,β-unsaturated/α-hetero) is 1. The van der Waals surface area contributed by atoms with Crippen LogP contribution in [0.5, 0.6) is 0 Å². The van der Waals surface area contributed by atoms with E-state index < -0.39 is 5.92 Å². The first kappa shape index (κ1) is 14.3. The van der Waals surface area contributed by atoms with Crippen LogP contribution in [-0.2, 0) is 4.79 Å². The molecule has 0 aliphatic heterocycles. The van der Waals surface area contributed by atoms with Crippen molar-refractivity contribution in [3.63, 3.8) is 0 Å². The average Bonchev–Trinajstić information content (AvgIpc) is 2.42. The fourth-order valence-corrected chi connectivity index (χ4v) is 3.42. The van der Waals surface area contributed by atoms with Crippen molar-refractivity contribution in [3.05, 3.63) is 34.3 Å². The molecule has 100 valence electrons. The molecule has 1 aliphatic carbocycles. The highest BCUT2D eigenvalue weighted by Gasteiger charge is 2.39. The molecular weight excluding hydrogens is 302 g/mol.